The molecule has 34 heavy (non-hydrogen) atoms. The number of hydrogen-bond donors (Lipinski definition) is 0. The molecule has 0 amide bonds. The van der Waals surface area contributed by atoms with Crippen molar-refractivity contribution in [3.05, 3.63) is 23.2 Å². The van der Waals surface area contributed by atoms with Crippen LogP contribution in [0.1, 0.15) is 34.6 Å². The standard InChI is InChI=1S/C23H31ClN2O6S2/c1-6-25(7-2)10-11-26-17-12-16(24)8-9-18(17)34-21-19(30-13(3)27)20(31-14(4)28)23(32-22(21)26)33-15(5)29/h8-9,12,19-23H,6-7,10-11H2,1-5H3/t19-,20+,21-,22+,23+/m0/s1. The van der Waals surface area contributed by atoms with E-state index in [1.165, 1.54) is 32.5 Å². The first-order chi connectivity index (χ1) is 16.1. The van der Waals surface area contributed by atoms with E-state index in [1.54, 1.807) is 0 Å². The zero-order valence-corrected chi connectivity index (χ0v) is 22.4. The van der Waals surface area contributed by atoms with E-state index in [4.69, 9.17) is 25.8 Å². The predicted octanol–water partition coefficient (Wildman–Crippen LogP) is 3.79. The summed E-state index contributed by atoms with van der Waals surface area (Å²) in [5.74, 6) is -1.03. The molecule has 0 aromatic heterocycles. The van der Waals surface area contributed by atoms with E-state index in [0.29, 0.717) is 11.6 Å². The van der Waals surface area contributed by atoms with Gasteiger partial charge in [-0.15, -0.1) is 11.8 Å². The van der Waals surface area contributed by atoms with Crippen molar-refractivity contribution in [3.8, 4) is 0 Å². The Hall–Kier alpha value is -1.46. The third-order valence-electron chi connectivity index (χ3n) is 5.71. The van der Waals surface area contributed by atoms with Gasteiger partial charge >= 0.3 is 11.9 Å². The summed E-state index contributed by atoms with van der Waals surface area (Å²) >= 11 is 8.78. The molecule has 5 atom stereocenters. The van der Waals surface area contributed by atoms with Gasteiger partial charge in [0.2, 0.25) is 0 Å². The van der Waals surface area contributed by atoms with Gasteiger partial charge in [0.05, 0.1) is 10.9 Å². The number of ether oxygens (including phenoxy) is 3. The fourth-order valence-electron chi connectivity index (χ4n) is 4.21. The van der Waals surface area contributed by atoms with Gasteiger partial charge in [0.25, 0.3) is 0 Å². The van der Waals surface area contributed by atoms with Crippen LogP contribution in [0.2, 0.25) is 5.02 Å². The van der Waals surface area contributed by atoms with Crippen molar-refractivity contribution in [1.82, 2.24) is 4.90 Å². The minimum absolute atomic E-state index is 0.191. The molecule has 11 heteroatoms. The van der Waals surface area contributed by atoms with Gasteiger partial charge in [-0.1, -0.05) is 37.2 Å². The molecular weight excluding hydrogens is 500 g/mol. The van der Waals surface area contributed by atoms with E-state index in [2.05, 4.69) is 23.6 Å². The molecule has 2 heterocycles. The average Bonchev–Trinajstić information content (AvgIpc) is 2.75. The molecule has 0 aliphatic carbocycles. The van der Waals surface area contributed by atoms with Crippen LogP contribution in [0.25, 0.3) is 0 Å². The molecule has 1 saturated heterocycles. The Morgan fingerprint density at radius 2 is 1.76 bits per heavy atom. The zero-order valence-electron chi connectivity index (χ0n) is 20.0. The minimum atomic E-state index is -0.928. The van der Waals surface area contributed by atoms with Crippen LogP contribution in [0.5, 0.6) is 0 Å². The van der Waals surface area contributed by atoms with Crippen molar-refractivity contribution < 1.29 is 28.6 Å². The van der Waals surface area contributed by atoms with E-state index in [9.17, 15) is 14.4 Å². The molecule has 8 nitrogen and oxygen atoms in total. The van der Waals surface area contributed by atoms with Crippen LogP contribution in [0.4, 0.5) is 5.69 Å². The fourth-order valence-corrected chi connectivity index (χ4v) is 6.62. The quantitative estimate of drug-likeness (QED) is 0.463. The molecule has 1 aromatic carbocycles. The number of anilines is 1. The van der Waals surface area contributed by atoms with Gasteiger partial charge in [-0.25, -0.2) is 0 Å². The summed E-state index contributed by atoms with van der Waals surface area (Å²) in [6.07, 6.45) is -2.26. The molecule has 0 radical (unpaired) electrons. The lowest BCUT2D eigenvalue weighted by Gasteiger charge is -2.51. The van der Waals surface area contributed by atoms with E-state index in [-0.39, 0.29) is 10.4 Å². The molecule has 0 spiro atoms. The van der Waals surface area contributed by atoms with Gasteiger partial charge in [-0.2, -0.15) is 0 Å². The van der Waals surface area contributed by atoms with Gasteiger partial charge in [-0.05, 0) is 31.3 Å². The van der Waals surface area contributed by atoms with Crippen molar-refractivity contribution in [2.75, 3.05) is 31.1 Å². The van der Waals surface area contributed by atoms with E-state index in [1.807, 2.05) is 18.2 Å². The van der Waals surface area contributed by atoms with Crippen LogP contribution in [-0.2, 0) is 28.6 Å². The van der Waals surface area contributed by atoms with E-state index in [0.717, 1.165) is 42.0 Å². The lowest BCUT2D eigenvalue weighted by Crippen LogP contribution is -2.64. The zero-order chi connectivity index (χ0) is 25.0. The van der Waals surface area contributed by atoms with Crippen LogP contribution < -0.4 is 4.90 Å². The summed E-state index contributed by atoms with van der Waals surface area (Å²) in [7, 11) is 0. The van der Waals surface area contributed by atoms with Gasteiger partial charge in [0, 0.05) is 43.8 Å². The number of likely N-dealkylation sites (N-methyl/N-ethyl adjacent to an activating group) is 1. The number of thioether (sulfide) groups is 2. The second-order valence-corrected chi connectivity index (χ2v) is 11.0. The third kappa shape index (κ3) is 6.40. The Labute approximate surface area is 214 Å². The van der Waals surface area contributed by atoms with E-state index < -0.39 is 35.8 Å². The van der Waals surface area contributed by atoms with E-state index >= 15 is 0 Å². The number of benzene rings is 1. The molecule has 0 bridgehead atoms. The van der Waals surface area contributed by atoms with Crippen molar-refractivity contribution in [2.45, 2.75) is 68.6 Å². The third-order valence-corrected chi connectivity index (χ3v) is 8.26. The van der Waals surface area contributed by atoms with Crippen molar-refractivity contribution in [1.29, 1.82) is 0 Å². The number of esters is 2. The second kappa shape index (κ2) is 12.0. The van der Waals surface area contributed by atoms with Gasteiger partial charge < -0.3 is 24.0 Å². The van der Waals surface area contributed by atoms with Crippen LogP contribution in [0.15, 0.2) is 23.1 Å². The van der Waals surface area contributed by atoms with Gasteiger partial charge in [0.1, 0.15) is 6.23 Å². The minimum Gasteiger partial charge on any atom is -0.457 e. The number of carbonyl (C=O) groups excluding carboxylic acids is 3. The molecule has 188 valence electrons. The second-order valence-electron chi connectivity index (χ2n) is 8.07. The average molecular weight is 531 g/mol. The molecule has 3 rings (SSSR count). The molecule has 0 saturated carbocycles. The number of fused-ring (bicyclic) bond motifs is 2. The van der Waals surface area contributed by atoms with Crippen molar-refractivity contribution >= 4 is 57.9 Å². The summed E-state index contributed by atoms with van der Waals surface area (Å²) in [6, 6.07) is 5.65. The number of halogens is 1. The lowest BCUT2D eigenvalue weighted by molar-refractivity contribution is -0.190. The SMILES string of the molecule is CCN(CC)CCN1c2cc(Cl)ccc2S[C@H]2[C@@H](OC(C)=O)[C@@H](OC(C)=O)[C@@H](SC(C)=O)O[C@H]21. The molecule has 1 aromatic rings. The predicted molar refractivity (Wildman–Crippen MR) is 134 cm³/mol. The normalized spacial score (nSPS) is 26.0. The lowest BCUT2D eigenvalue weighted by atomic mass is 10.0. The maximum absolute atomic E-state index is 12.1. The van der Waals surface area contributed by atoms with Crippen LogP contribution in [0.3, 0.4) is 0 Å². The molecular formula is C23H31ClN2O6S2. The first-order valence-electron chi connectivity index (χ1n) is 11.3. The van der Waals surface area contributed by atoms with Crippen molar-refractivity contribution in [3.63, 3.8) is 0 Å². The molecule has 2 aliphatic rings. The fraction of sp³-hybridized carbons (Fsp3) is 0.609. The van der Waals surface area contributed by atoms with Crippen LogP contribution in [0, 0.1) is 0 Å². The number of rotatable bonds is 8. The largest absolute Gasteiger partial charge is 0.457 e. The Balaban J connectivity index is 2.05. The van der Waals surface area contributed by atoms with Gasteiger partial charge in [-0.3, -0.25) is 14.4 Å². The molecule has 0 unspecified atom stereocenters. The van der Waals surface area contributed by atoms with Crippen molar-refractivity contribution in [2.24, 2.45) is 0 Å². The summed E-state index contributed by atoms with van der Waals surface area (Å²) < 4.78 is 17.8. The topological polar surface area (TPSA) is 85.4 Å². The Morgan fingerprint density at radius 3 is 2.35 bits per heavy atom. The first-order valence-corrected chi connectivity index (χ1v) is 13.4. The number of carbonyl (C=O) groups is 3. The van der Waals surface area contributed by atoms with Gasteiger partial charge in [0.15, 0.2) is 22.8 Å². The van der Waals surface area contributed by atoms with Crippen LogP contribution in [-0.4, -0.2) is 77.3 Å². The Bertz CT molecular complexity index is 915. The summed E-state index contributed by atoms with van der Waals surface area (Å²) in [5.41, 5.74) is 0.0919. The first kappa shape index (κ1) is 27.1. The number of nitrogens with zero attached hydrogens (tertiary/aromatic N) is 2. The maximum atomic E-state index is 12.1. The Morgan fingerprint density at radius 1 is 1.12 bits per heavy atom. The summed E-state index contributed by atoms with van der Waals surface area (Å²) in [6.45, 7) is 11.5. The smallest absolute Gasteiger partial charge is 0.303 e. The number of hydrogen-bond acceptors (Lipinski definition) is 10. The molecule has 0 N–H and O–H groups in total. The highest BCUT2D eigenvalue weighted by Crippen LogP contribution is 2.49. The highest BCUT2D eigenvalue weighted by atomic mass is 35.5. The Kier molecular flexibility index (Phi) is 9.57. The van der Waals surface area contributed by atoms with Crippen LogP contribution >= 0.6 is 35.1 Å². The molecule has 2 aliphatic heterocycles. The molecule has 1 fully saturated rings. The highest BCUT2D eigenvalue weighted by molar-refractivity contribution is 8.14. The monoisotopic (exact) mass is 530 g/mol. The summed E-state index contributed by atoms with van der Waals surface area (Å²) in [4.78, 5) is 41.4. The highest BCUT2D eigenvalue weighted by Gasteiger charge is 2.54. The maximum Gasteiger partial charge on any atom is 0.303 e. The summed E-state index contributed by atoms with van der Waals surface area (Å²) in [5, 5.41) is 0.0247.